The van der Waals surface area contributed by atoms with Gasteiger partial charge in [-0.2, -0.15) is 0 Å². The molecule has 1 aliphatic rings. The number of aliphatic hydroxyl groups is 1. The maximum absolute atomic E-state index is 9.52. The first-order valence-electron chi connectivity index (χ1n) is 5.40. The lowest BCUT2D eigenvalue weighted by atomic mass is 10.0. The van der Waals surface area contributed by atoms with Gasteiger partial charge in [0.25, 0.3) is 0 Å². The summed E-state index contributed by atoms with van der Waals surface area (Å²) in [6, 6.07) is 0. The molecule has 0 heterocycles. The first-order chi connectivity index (χ1) is 6.47. The topological polar surface area (TPSA) is 41.5 Å². The third-order valence-electron chi connectivity index (χ3n) is 2.85. The SMILES string of the molecule is COCCC1(CNCC(C)(C)O)CC1. The van der Waals surface area contributed by atoms with Crippen LogP contribution in [-0.2, 0) is 4.74 Å². The van der Waals surface area contributed by atoms with Crippen molar-refractivity contribution in [1.82, 2.24) is 5.32 Å². The lowest BCUT2D eigenvalue weighted by Gasteiger charge is -2.21. The van der Waals surface area contributed by atoms with Gasteiger partial charge in [-0.1, -0.05) is 0 Å². The highest BCUT2D eigenvalue weighted by molar-refractivity contribution is 4.95. The Morgan fingerprint density at radius 3 is 2.50 bits per heavy atom. The fraction of sp³-hybridized carbons (Fsp3) is 1.00. The molecule has 0 aromatic rings. The van der Waals surface area contributed by atoms with Gasteiger partial charge in [-0.15, -0.1) is 0 Å². The van der Waals surface area contributed by atoms with Gasteiger partial charge in [-0.25, -0.2) is 0 Å². The van der Waals surface area contributed by atoms with Gasteiger partial charge in [0.2, 0.25) is 0 Å². The lowest BCUT2D eigenvalue weighted by Crippen LogP contribution is -2.37. The Morgan fingerprint density at radius 1 is 1.43 bits per heavy atom. The summed E-state index contributed by atoms with van der Waals surface area (Å²) >= 11 is 0. The molecular weight excluding hydrogens is 178 g/mol. The standard InChI is InChI=1S/C11H23NO2/c1-10(2,13)8-12-9-11(4-5-11)6-7-14-3/h12-13H,4-9H2,1-3H3. The Labute approximate surface area is 86.8 Å². The van der Waals surface area contributed by atoms with E-state index in [4.69, 9.17) is 4.74 Å². The van der Waals surface area contributed by atoms with E-state index in [0.29, 0.717) is 12.0 Å². The van der Waals surface area contributed by atoms with E-state index in [1.807, 2.05) is 13.8 Å². The highest BCUT2D eigenvalue weighted by Gasteiger charge is 2.41. The van der Waals surface area contributed by atoms with Crippen molar-refractivity contribution in [2.75, 3.05) is 26.8 Å². The molecule has 0 radical (unpaired) electrons. The summed E-state index contributed by atoms with van der Waals surface area (Å²) in [6.45, 7) is 6.19. The van der Waals surface area contributed by atoms with E-state index in [9.17, 15) is 5.11 Å². The Bertz CT molecular complexity index is 171. The van der Waals surface area contributed by atoms with Gasteiger partial charge in [-0.05, 0) is 38.5 Å². The molecule has 0 aliphatic heterocycles. The molecule has 2 N–H and O–H groups in total. The number of rotatable bonds is 7. The van der Waals surface area contributed by atoms with E-state index in [0.717, 1.165) is 19.6 Å². The normalized spacial score (nSPS) is 19.7. The Balaban J connectivity index is 2.11. The molecule has 0 amide bonds. The van der Waals surface area contributed by atoms with Gasteiger partial charge in [0.1, 0.15) is 0 Å². The van der Waals surface area contributed by atoms with Crippen molar-refractivity contribution in [3.8, 4) is 0 Å². The van der Waals surface area contributed by atoms with Crippen LogP contribution in [0.5, 0.6) is 0 Å². The van der Waals surface area contributed by atoms with E-state index in [2.05, 4.69) is 5.32 Å². The summed E-state index contributed by atoms with van der Waals surface area (Å²) in [5.41, 5.74) is -0.126. The highest BCUT2D eigenvalue weighted by Crippen LogP contribution is 2.48. The molecule has 0 aromatic carbocycles. The number of hydrogen-bond donors (Lipinski definition) is 2. The summed E-state index contributed by atoms with van der Waals surface area (Å²) in [6.07, 6.45) is 3.74. The minimum atomic E-state index is -0.600. The minimum Gasteiger partial charge on any atom is -0.389 e. The average Bonchev–Trinajstić information content (AvgIpc) is 2.80. The van der Waals surface area contributed by atoms with Crippen LogP contribution in [0.3, 0.4) is 0 Å². The van der Waals surface area contributed by atoms with Gasteiger partial charge in [0.05, 0.1) is 5.60 Å². The third-order valence-corrected chi connectivity index (χ3v) is 2.85. The van der Waals surface area contributed by atoms with Crippen molar-refractivity contribution >= 4 is 0 Å². The van der Waals surface area contributed by atoms with Crippen LogP contribution in [0.15, 0.2) is 0 Å². The molecule has 3 heteroatoms. The van der Waals surface area contributed by atoms with Crippen LogP contribution in [0.2, 0.25) is 0 Å². The zero-order chi connectivity index (χ0) is 10.7. The van der Waals surface area contributed by atoms with Crippen molar-refractivity contribution in [2.45, 2.75) is 38.7 Å². The predicted octanol–water partition coefficient (Wildman–Crippen LogP) is 1.16. The summed E-state index contributed by atoms with van der Waals surface area (Å²) in [7, 11) is 1.75. The van der Waals surface area contributed by atoms with E-state index >= 15 is 0 Å². The van der Waals surface area contributed by atoms with E-state index in [1.54, 1.807) is 7.11 Å². The first-order valence-corrected chi connectivity index (χ1v) is 5.40. The molecular formula is C11H23NO2. The first kappa shape index (κ1) is 12.0. The van der Waals surface area contributed by atoms with Gasteiger partial charge in [-0.3, -0.25) is 0 Å². The molecule has 0 saturated heterocycles. The number of hydrogen-bond acceptors (Lipinski definition) is 3. The fourth-order valence-corrected chi connectivity index (χ4v) is 1.64. The molecule has 84 valence electrons. The molecule has 0 atom stereocenters. The van der Waals surface area contributed by atoms with Gasteiger partial charge in [0.15, 0.2) is 0 Å². The zero-order valence-electron chi connectivity index (χ0n) is 9.60. The molecule has 1 rings (SSSR count). The monoisotopic (exact) mass is 201 g/mol. The van der Waals surface area contributed by atoms with Crippen LogP contribution in [0.1, 0.15) is 33.1 Å². The van der Waals surface area contributed by atoms with Crippen LogP contribution >= 0.6 is 0 Å². The number of nitrogens with one attached hydrogen (secondary N) is 1. The highest BCUT2D eigenvalue weighted by atomic mass is 16.5. The Hall–Kier alpha value is -0.120. The van der Waals surface area contributed by atoms with Crippen molar-refractivity contribution in [1.29, 1.82) is 0 Å². The maximum Gasteiger partial charge on any atom is 0.0715 e. The number of methoxy groups -OCH3 is 1. The molecule has 14 heavy (non-hydrogen) atoms. The van der Waals surface area contributed by atoms with Crippen LogP contribution in [0, 0.1) is 5.41 Å². The quantitative estimate of drug-likeness (QED) is 0.649. The van der Waals surface area contributed by atoms with Crippen molar-refractivity contribution in [3.05, 3.63) is 0 Å². The second kappa shape index (κ2) is 4.60. The summed E-state index contributed by atoms with van der Waals surface area (Å²) in [4.78, 5) is 0. The zero-order valence-corrected chi connectivity index (χ0v) is 9.60. The van der Waals surface area contributed by atoms with E-state index < -0.39 is 5.60 Å². The molecule has 1 fully saturated rings. The summed E-state index contributed by atoms with van der Waals surface area (Å²) in [5, 5.41) is 12.9. The summed E-state index contributed by atoms with van der Waals surface area (Å²) in [5.74, 6) is 0. The minimum absolute atomic E-state index is 0.473. The summed E-state index contributed by atoms with van der Waals surface area (Å²) < 4.78 is 5.09. The second-order valence-electron chi connectivity index (χ2n) is 5.16. The van der Waals surface area contributed by atoms with Crippen LogP contribution in [-0.4, -0.2) is 37.5 Å². The lowest BCUT2D eigenvalue weighted by molar-refractivity contribution is 0.0773. The Kier molecular flexibility index (Phi) is 3.93. The maximum atomic E-state index is 9.52. The Morgan fingerprint density at radius 2 is 2.07 bits per heavy atom. The molecule has 0 unspecified atom stereocenters. The van der Waals surface area contributed by atoms with Gasteiger partial charge >= 0.3 is 0 Å². The van der Waals surface area contributed by atoms with Crippen LogP contribution < -0.4 is 5.32 Å². The smallest absolute Gasteiger partial charge is 0.0715 e. The van der Waals surface area contributed by atoms with Crippen LogP contribution in [0.25, 0.3) is 0 Å². The van der Waals surface area contributed by atoms with Crippen molar-refractivity contribution in [3.63, 3.8) is 0 Å². The van der Waals surface area contributed by atoms with Crippen molar-refractivity contribution in [2.24, 2.45) is 5.41 Å². The predicted molar refractivity (Wildman–Crippen MR) is 57.3 cm³/mol. The molecule has 0 aromatic heterocycles. The molecule has 0 bridgehead atoms. The average molecular weight is 201 g/mol. The van der Waals surface area contributed by atoms with E-state index in [-0.39, 0.29) is 0 Å². The van der Waals surface area contributed by atoms with Gasteiger partial charge < -0.3 is 15.2 Å². The van der Waals surface area contributed by atoms with E-state index in [1.165, 1.54) is 12.8 Å². The largest absolute Gasteiger partial charge is 0.389 e. The second-order valence-corrected chi connectivity index (χ2v) is 5.16. The van der Waals surface area contributed by atoms with Crippen LogP contribution in [0.4, 0.5) is 0 Å². The number of ether oxygens (including phenoxy) is 1. The molecule has 3 nitrogen and oxygen atoms in total. The van der Waals surface area contributed by atoms with Gasteiger partial charge in [0, 0.05) is 26.8 Å². The molecule has 1 aliphatic carbocycles. The van der Waals surface area contributed by atoms with Crippen molar-refractivity contribution < 1.29 is 9.84 Å². The third kappa shape index (κ3) is 4.40. The molecule has 1 saturated carbocycles. The fourth-order valence-electron chi connectivity index (χ4n) is 1.64. The molecule has 0 spiro atoms.